The number of nitrogens with zero attached hydrogens (tertiary/aromatic N) is 5. The van der Waals surface area contributed by atoms with Crippen LogP contribution in [-0.2, 0) is 39.4 Å². The molecule has 230 valence electrons. The maximum Gasteiger partial charge on any atom is 0.383 e. The minimum Gasteiger partial charge on any atom is -0.383 e. The summed E-state index contributed by atoms with van der Waals surface area (Å²) in [5, 5.41) is 0. The molecule has 0 amide bonds. The summed E-state index contributed by atoms with van der Waals surface area (Å²) in [6.45, 7) is -7.05. The second kappa shape index (κ2) is 12.0. The van der Waals surface area contributed by atoms with Gasteiger partial charge in [-0.15, -0.1) is 0 Å². The van der Waals surface area contributed by atoms with Gasteiger partial charge in [0.1, 0.15) is 24.4 Å². The second-order valence-corrected chi connectivity index (χ2v) is 15.2. The van der Waals surface area contributed by atoms with Crippen LogP contribution in [0.4, 0.5) is 11.8 Å². The van der Waals surface area contributed by atoms with Crippen molar-refractivity contribution in [2.75, 3.05) is 24.7 Å². The summed E-state index contributed by atoms with van der Waals surface area (Å²) in [4.78, 5) is 59.2. The summed E-state index contributed by atoms with van der Waals surface area (Å²) >= 11 is 8.72. The number of nitrogen functional groups attached to an aromatic ring is 2. The molecule has 7 atom stereocenters. The lowest BCUT2D eigenvalue weighted by molar-refractivity contribution is -0.0430. The van der Waals surface area contributed by atoms with Crippen molar-refractivity contribution in [2.45, 2.75) is 57.0 Å². The van der Waals surface area contributed by atoms with E-state index in [-0.39, 0.29) is 36.0 Å². The number of ether oxygens (including phenoxy) is 2. The van der Waals surface area contributed by atoms with E-state index in [1.807, 2.05) is 0 Å². The predicted molar refractivity (Wildman–Crippen MR) is 154 cm³/mol. The van der Waals surface area contributed by atoms with E-state index in [1.165, 1.54) is 17.1 Å². The van der Waals surface area contributed by atoms with Gasteiger partial charge in [0.05, 0.1) is 31.7 Å². The summed E-state index contributed by atoms with van der Waals surface area (Å²) < 4.78 is 42.4. The largest absolute Gasteiger partial charge is 0.383 e. The Morgan fingerprint density at radius 1 is 1.17 bits per heavy atom. The topological polar surface area (TPSA) is 254 Å². The zero-order valence-electron chi connectivity index (χ0n) is 21.9. The molecule has 0 aromatic carbocycles. The Bertz CT molecular complexity index is 1700. The molecule has 0 aliphatic carbocycles. The third-order valence-electron chi connectivity index (χ3n) is 6.61. The molecular formula is C20H28N8O10P2S2. The number of nitrogens with one attached hydrogen (secondary N) is 1. The molecule has 3 aromatic heterocycles. The number of thiol groups is 1. The fourth-order valence-corrected chi connectivity index (χ4v) is 6.67. The molecule has 42 heavy (non-hydrogen) atoms. The minimum atomic E-state index is -4.19. The Morgan fingerprint density at radius 2 is 1.93 bits per heavy atom. The number of aryl methyl sites for hydroxylation is 1. The highest BCUT2D eigenvalue weighted by atomic mass is 32.7. The number of aromatic nitrogens is 6. The van der Waals surface area contributed by atoms with Crippen LogP contribution in [0.3, 0.4) is 0 Å². The zero-order chi connectivity index (χ0) is 30.4. The van der Waals surface area contributed by atoms with Crippen LogP contribution in [0.15, 0.2) is 22.1 Å². The number of anilines is 2. The first-order chi connectivity index (χ1) is 19.7. The van der Waals surface area contributed by atoms with E-state index in [9.17, 15) is 23.9 Å². The molecule has 3 aromatic rings. The lowest BCUT2D eigenvalue weighted by atomic mass is 10.2. The predicted octanol–water partition coefficient (Wildman–Crippen LogP) is 0.480. The summed E-state index contributed by atoms with van der Waals surface area (Å²) in [6.07, 6.45) is -0.0710. The number of H-pyrrole nitrogens is 1. The van der Waals surface area contributed by atoms with E-state index in [0.717, 1.165) is 0 Å². The number of nitrogens with two attached hydrogens (primary N) is 2. The molecule has 0 radical (unpaired) electrons. The number of aromatic amines is 1. The van der Waals surface area contributed by atoms with Gasteiger partial charge in [-0.3, -0.25) is 23.4 Å². The van der Waals surface area contributed by atoms with Crippen molar-refractivity contribution in [1.29, 1.82) is 0 Å². The first-order valence-corrected chi connectivity index (χ1v) is 17.8. The van der Waals surface area contributed by atoms with Crippen molar-refractivity contribution in [3.05, 3.63) is 38.9 Å². The highest BCUT2D eigenvalue weighted by Gasteiger charge is 2.42. The van der Waals surface area contributed by atoms with Gasteiger partial charge in [-0.2, -0.15) is 9.97 Å². The lowest BCUT2D eigenvalue weighted by Gasteiger charge is -2.24. The maximum atomic E-state index is 12.5. The van der Waals surface area contributed by atoms with Gasteiger partial charge in [-0.05, 0) is 31.6 Å². The SMILES string of the molecule is Cc1cn([C@H]2C[C@@H](OP(O)(=S)OC[C@@H]3CC[C@H](n4cnc5c(=O)[nH]c(N)nc54)O3)[C@@H](COP(=O)(O)S)O2)c(=O)nc1N. The third kappa shape index (κ3) is 7.11. The molecule has 7 N–H and O–H groups in total. The van der Waals surface area contributed by atoms with Gasteiger partial charge >= 0.3 is 19.2 Å². The van der Waals surface area contributed by atoms with Gasteiger partial charge in [-0.25, -0.2) is 14.3 Å². The van der Waals surface area contributed by atoms with Gasteiger partial charge in [0.15, 0.2) is 11.2 Å². The molecule has 2 saturated heterocycles. The number of imidazole rings is 1. The van der Waals surface area contributed by atoms with Crippen molar-refractivity contribution in [3.63, 3.8) is 0 Å². The number of hydrogen-bond acceptors (Lipinski definition) is 14. The normalized spacial score (nSPS) is 27.3. The summed E-state index contributed by atoms with van der Waals surface area (Å²) in [6, 6.07) is 0. The minimum absolute atomic E-state index is 0.00541. The van der Waals surface area contributed by atoms with Gasteiger partial charge in [-0.1, -0.05) is 12.2 Å². The van der Waals surface area contributed by atoms with Gasteiger partial charge in [0, 0.05) is 18.2 Å². The van der Waals surface area contributed by atoms with Crippen molar-refractivity contribution in [1.82, 2.24) is 29.1 Å². The average Bonchev–Trinajstić information content (AvgIpc) is 3.61. The lowest BCUT2D eigenvalue weighted by Crippen LogP contribution is -2.29. The van der Waals surface area contributed by atoms with Crippen LogP contribution < -0.4 is 22.7 Å². The van der Waals surface area contributed by atoms with E-state index in [0.29, 0.717) is 18.4 Å². The highest BCUT2D eigenvalue weighted by Crippen LogP contribution is 2.51. The molecule has 5 heterocycles. The summed E-state index contributed by atoms with van der Waals surface area (Å²) in [7, 11) is 0. The first-order valence-electron chi connectivity index (χ1n) is 12.4. The third-order valence-corrected chi connectivity index (χ3v) is 9.03. The van der Waals surface area contributed by atoms with E-state index in [4.69, 9.17) is 46.3 Å². The molecule has 2 aliphatic heterocycles. The van der Waals surface area contributed by atoms with Crippen LogP contribution in [0, 0.1) is 6.92 Å². The van der Waals surface area contributed by atoms with Gasteiger partial charge < -0.3 is 39.8 Å². The Hall–Kier alpha value is -2.22. The molecule has 5 rings (SSSR count). The fourth-order valence-electron chi connectivity index (χ4n) is 4.63. The van der Waals surface area contributed by atoms with Crippen molar-refractivity contribution in [3.8, 4) is 0 Å². The van der Waals surface area contributed by atoms with Crippen molar-refractivity contribution < 1.29 is 37.4 Å². The summed E-state index contributed by atoms with van der Waals surface area (Å²) in [5.74, 6) is 0.0000549. The molecular weight excluding hydrogens is 638 g/mol. The maximum absolute atomic E-state index is 12.5. The number of fused-ring (bicyclic) bond motifs is 1. The fraction of sp³-hybridized carbons (Fsp3) is 0.550. The molecule has 2 unspecified atom stereocenters. The molecule has 0 spiro atoms. The van der Waals surface area contributed by atoms with Crippen LogP contribution in [0.5, 0.6) is 0 Å². The average molecular weight is 667 g/mol. The van der Waals surface area contributed by atoms with Crippen LogP contribution in [0.25, 0.3) is 11.2 Å². The van der Waals surface area contributed by atoms with E-state index in [1.54, 1.807) is 11.5 Å². The van der Waals surface area contributed by atoms with Crippen molar-refractivity contribution >= 4 is 60.5 Å². The molecule has 22 heteroatoms. The quantitative estimate of drug-likeness (QED) is 0.127. The molecule has 0 bridgehead atoms. The Balaban J connectivity index is 1.24. The number of rotatable bonds is 10. The zero-order valence-corrected chi connectivity index (χ0v) is 25.4. The first kappa shape index (κ1) is 31.2. The van der Waals surface area contributed by atoms with Crippen LogP contribution in [0.1, 0.15) is 37.3 Å². The monoisotopic (exact) mass is 666 g/mol. The van der Waals surface area contributed by atoms with E-state index >= 15 is 0 Å². The number of hydrogen-bond donors (Lipinski definition) is 6. The second-order valence-electron chi connectivity index (χ2n) is 9.62. The van der Waals surface area contributed by atoms with E-state index in [2.05, 4.69) is 32.2 Å². The van der Waals surface area contributed by atoms with E-state index < -0.39 is 62.1 Å². The Labute approximate surface area is 247 Å². The molecule has 2 fully saturated rings. The molecule has 2 aliphatic rings. The van der Waals surface area contributed by atoms with Gasteiger partial charge in [0.2, 0.25) is 5.95 Å². The van der Waals surface area contributed by atoms with Gasteiger partial charge in [0.25, 0.3) is 5.56 Å². The Kier molecular flexibility index (Phi) is 8.95. The molecule has 0 saturated carbocycles. The van der Waals surface area contributed by atoms with Crippen LogP contribution in [-0.4, -0.2) is 70.4 Å². The molecule has 18 nitrogen and oxygen atoms in total. The smallest absolute Gasteiger partial charge is 0.383 e. The van der Waals surface area contributed by atoms with Crippen LogP contribution in [0.2, 0.25) is 0 Å². The highest BCUT2D eigenvalue weighted by molar-refractivity contribution is 8.44. The Morgan fingerprint density at radius 3 is 2.67 bits per heavy atom. The standard InChI is InChI=1S/C20H28N8O10P2S2/c1-9-5-27(20(30)24-16(9)21)14-4-11(12(37-14)7-34-39(31,32)41)38-40(33,42)35-6-10-2-3-13(36-10)28-8-23-15-17(28)25-19(22)26-18(15)29/h5,8,10-14H,2-4,6-7H2,1H3,(H,33,42)(H2,21,24,30)(H2,31,32,41)(H3,22,25,26,29)/t10-,11+,12+,13+,14+,40?/m0/s1. The van der Waals surface area contributed by atoms with Crippen molar-refractivity contribution in [2.24, 2.45) is 0 Å². The van der Waals surface area contributed by atoms with Crippen LogP contribution >= 0.6 is 25.8 Å². The summed E-state index contributed by atoms with van der Waals surface area (Å²) in [5.41, 5.74) is 11.1.